The van der Waals surface area contributed by atoms with Crippen LogP contribution in [0, 0.1) is 5.41 Å². The zero-order chi connectivity index (χ0) is 31.9. The maximum atomic E-state index is 14.9. The van der Waals surface area contributed by atoms with E-state index >= 15 is 0 Å². The van der Waals surface area contributed by atoms with Crippen LogP contribution in [0.4, 0.5) is 0 Å². The summed E-state index contributed by atoms with van der Waals surface area (Å²) in [6, 6.07) is 13.1. The van der Waals surface area contributed by atoms with Gasteiger partial charge in [-0.15, -0.1) is 0 Å². The summed E-state index contributed by atoms with van der Waals surface area (Å²) in [5, 5.41) is 0.997. The highest BCUT2D eigenvalue weighted by atomic mass is 32.2. The lowest BCUT2D eigenvalue weighted by atomic mass is 9.81. The molecule has 8 nitrogen and oxygen atoms in total. The smallest absolute Gasteiger partial charge is 0.263 e. The number of ether oxygens (including phenoxy) is 1. The SMILES string of the molecule is COc1ccc2c(c1)C1CC1(C(=O)N1CC3CCC1CN3C)Cn1c-2c(C2CCCCC2)c2ccc(C(=O)NS(=O)C(C)C)cc21. The molecule has 4 aliphatic heterocycles. The maximum absolute atomic E-state index is 14.9. The van der Waals surface area contributed by atoms with Crippen molar-refractivity contribution >= 4 is 33.7 Å². The molecule has 2 bridgehead atoms. The number of amides is 2. The Labute approximate surface area is 274 Å². The number of rotatable bonds is 6. The first-order valence-corrected chi connectivity index (χ1v) is 18.5. The van der Waals surface area contributed by atoms with Crippen LogP contribution in [0.2, 0.25) is 0 Å². The summed E-state index contributed by atoms with van der Waals surface area (Å²) < 4.78 is 23.4. The van der Waals surface area contributed by atoms with Crippen LogP contribution in [0.1, 0.15) is 98.5 Å². The van der Waals surface area contributed by atoms with Gasteiger partial charge in [0, 0.05) is 64.9 Å². The second kappa shape index (κ2) is 11.2. The van der Waals surface area contributed by atoms with E-state index in [1.54, 1.807) is 7.11 Å². The highest BCUT2D eigenvalue weighted by Gasteiger charge is 2.65. The van der Waals surface area contributed by atoms with Crippen molar-refractivity contribution in [1.29, 1.82) is 0 Å². The van der Waals surface area contributed by atoms with Gasteiger partial charge in [0.2, 0.25) is 5.91 Å². The number of likely N-dealkylation sites (N-methyl/N-ethyl adjacent to an activating group) is 1. The Morgan fingerprint density at radius 1 is 1.00 bits per heavy atom. The minimum atomic E-state index is -1.46. The van der Waals surface area contributed by atoms with Crippen LogP contribution < -0.4 is 9.46 Å². The van der Waals surface area contributed by atoms with E-state index in [9.17, 15) is 13.8 Å². The van der Waals surface area contributed by atoms with E-state index in [0.717, 1.165) is 56.5 Å². The normalized spacial score (nSPS) is 27.9. The summed E-state index contributed by atoms with van der Waals surface area (Å²) in [7, 11) is 2.45. The second-order valence-electron chi connectivity index (χ2n) is 14.8. The number of piperidine rings is 2. The molecule has 3 saturated heterocycles. The van der Waals surface area contributed by atoms with Gasteiger partial charge in [-0.3, -0.25) is 19.2 Å². The first-order chi connectivity index (χ1) is 22.2. The van der Waals surface area contributed by atoms with Gasteiger partial charge in [0.25, 0.3) is 5.91 Å². The number of fused-ring (bicyclic) bond motifs is 10. The van der Waals surface area contributed by atoms with Gasteiger partial charge in [-0.2, -0.15) is 0 Å². The van der Waals surface area contributed by atoms with Gasteiger partial charge in [-0.25, -0.2) is 4.21 Å². The number of piperazine rings is 1. The summed E-state index contributed by atoms with van der Waals surface area (Å²) in [5.74, 6) is 1.34. The van der Waals surface area contributed by atoms with Crippen molar-refractivity contribution in [2.24, 2.45) is 5.41 Å². The summed E-state index contributed by atoms with van der Waals surface area (Å²) >= 11 is 0. The Morgan fingerprint density at radius 3 is 2.48 bits per heavy atom. The number of methoxy groups -OCH3 is 1. The number of hydrogen-bond donors (Lipinski definition) is 1. The number of hydrogen-bond acceptors (Lipinski definition) is 5. The molecule has 5 heterocycles. The zero-order valence-electron chi connectivity index (χ0n) is 27.5. The standard InChI is InChI=1S/C37H46N4O4S/c1-22(2)46(44)38-35(42)24-10-14-29-32(16-24)41-21-37(36(43)40-20-25-11-12-26(40)19-39(25)3)18-31(37)30-17-27(45-4)13-15-28(30)34(41)33(29)23-8-6-5-7-9-23/h10,13-17,22-23,25-26,31H,5-9,11-12,18-21H2,1-4H3,(H,38,42). The Bertz CT molecular complexity index is 1760. The van der Waals surface area contributed by atoms with Gasteiger partial charge in [0.15, 0.2) is 0 Å². The number of carbonyl (C=O) groups is 2. The predicted molar refractivity (Wildman–Crippen MR) is 181 cm³/mol. The summed E-state index contributed by atoms with van der Waals surface area (Å²) in [5.41, 5.74) is 5.96. The van der Waals surface area contributed by atoms with Crippen LogP contribution in [-0.4, -0.2) is 75.0 Å². The molecule has 244 valence electrons. The van der Waals surface area contributed by atoms with E-state index in [0.29, 0.717) is 30.0 Å². The molecular formula is C37H46N4O4S. The third kappa shape index (κ3) is 4.67. The van der Waals surface area contributed by atoms with Crippen LogP contribution in [0.5, 0.6) is 5.75 Å². The lowest BCUT2D eigenvalue weighted by molar-refractivity contribution is -0.147. The highest BCUT2D eigenvalue weighted by Crippen LogP contribution is 2.66. The number of benzene rings is 2. The number of aromatic nitrogens is 1. The molecule has 5 atom stereocenters. The van der Waals surface area contributed by atoms with Gasteiger partial charge in [-0.05, 0) is 100 Å². The van der Waals surface area contributed by atoms with Crippen LogP contribution in [0.25, 0.3) is 22.2 Å². The molecule has 0 spiro atoms. The molecular weight excluding hydrogens is 596 g/mol. The van der Waals surface area contributed by atoms with Crippen molar-refractivity contribution in [1.82, 2.24) is 19.1 Å². The fraction of sp³-hybridized carbons (Fsp3) is 0.568. The Hall–Kier alpha value is -3.17. The first-order valence-electron chi connectivity index (χ1n) is 17.3. The fourth-order valence-electron chi connectivity index (χ4n) is 9.26. The van der Waals surface area contributed by atoms with Crippen molar-refractivity contribution in [3.8, 4) is 17.0 Å². The number of carbonyl (C=O) groups excluding carboxylic acids is 2. The molecule has 2 aliphatic carbocycles. The molecule has 2 saturated carbocycles. The average molecular weight is 643 g/mol. The van der Waals surface area contributed by atoms with Crippen molar-refractivity contribution < 1.29 is 18.5 Å². The molecule has 6 aliphatic rings. The largest absolute Gasteiger partial charge is 0.497 e. The van der Waals surface area contributed by atoms with E-state index < -0.39 is 16.4 Å². The topological polar surface area (TPSA) is 83.9 Å². The highest BCUT2D eigenvalue weighted by molar-refractivity contribution is 7.84. The van der Waals surface area contributed by atoms with Crippen molar-refractivity contribution in [2.45, 2.75) is 101 Å². The Balaban J connectivity index is 1.31. The van der Waals surface area contributed by atoms with Crippen molar-refractivity contribution in [3.63, 3.8) is 0 Å². The molecule has 3 aromatic rings. The molecule has 46 heavy (non-hydrogen) atoms. The second-order valence-corrected chi connectivity index (χ2v) is 16.6. The molecule has 9 rings (SSSR count). The molecule has 2 aromatic carbocycles. The average Bonchev–Trinajstić information content (AvgIpc) is 3.74. The first kappa shape index (κ1) is 30.2. The molecule has 0 radical (unpaired) electrons. The van der Waals surface area contributed by atoms with E-state index in [-0.39, 0.29) is 23.1 Å². The van der Waals surface area contributed by atoms with Crippen molar-refractivity contribution in [2.75, 3.05) is 27.2 Å². The van der Waals surface area contributed by atoms with Gasteiger partial charge >= 0.3 is 0 Å². The third-order valence-electron chi connectivity index (χ3n) is 11.9. The molecule has 1 N–H and O–H groups in total. The summed E-state index contributed by atoms with van der Waals surface area (Å²) in [6.07, 6.45) is 9.03. The van der Waals surface area contributed by atoms with Crippen LogP contribution in [0.15, 0.2) is 36.4 Å². The molecule has 1 aromatic heterocycles. The minimum absolute atomic E-state index is 0.123. The quantitative estimate of drug-likeness (QED) is 0.359. The van der Waals surface area contributed by atoms with Crippen molar-refractivity contribution in [3.05, 3.63) is 53.1 Å². The molecule has 5 unspecified atom stereocenters. The van der Waals surface area contributed by atoms with E-state index in [1.807, 2.05) is 26.0 Å². The molecule has 5 fully saturated rings. The number of nitrogens with zero attached hydrogens (tertiary/aromatic N) is 3. The maximum Gasteiger partial charge on any atom is 0.263 e. The monoisotopic (exact) mass is 642 g/mol. The van der Waals surface area contributed by atoms with Crippen LogP contribution in [0.3, 0.4) is 0 Å². The van der Waals surface area contributed by atoms with Gasteiger partial charge in [0.05, 0.1) is 18.2 Å². The summed E-state index contributed by atoms with van der Waals surface area (Å²) in [6.45, 7) is 6.03. The fourth-order valence-corrected chi connectivity index (χ4v) is 9.80. The Kier molecular flexibility index (Phi) is 7.36. The lowest BCUT2D eigenvalue weighted by Gasteiger charge is -2.51. The van der Waals surface area contributed by atoms with Crippen LogP contribution >= 0.6 is 0 Å². The van der Waals surface area contributed by atoms with Crippen LogP contribution in [-0.2, 0) is 22.3 Å². The molecule has 9 heteroatoms. The van der Waals surface area contributed by atoms with E-state index in [4.69, 9.17) is 4.74 Å². The van der Waals surface area contributed by atoms with Gasteiger partial charge in [0.1, 0.15) is 16.7 Å². The van der Waals surface area contributed by atoms with Gasteiger partial charge in [-0.1, -0.05) is 25.3 Å². The van der Waals surface area contributed by atoms with E-state index in [2.05, 4.69) is 50.4 Å². The Morgan fingerprint density at radius 2 is 1.78 bits per heavy atom. The minimum Gasteiger partial charge on any atom is -0.497 e. The van der Waals surface area contributed by atoms with E-state index in [1.165, 1.54) is 47.0 Å². The zero-order valence-corrected chi connectivity index (χ0v) is 28.3. The predicted octanol–water partition coefficient (Wildman–Crippen LogP) is 5.96. The summed E-state index contributed by atoms with van der Waals surface area (Å²) in [4.78, 5) is 32.9. The van der Waals surface area contributed by atoms with Gasteiger partial charge < -0.3 is 14.2 Å². The molecule has 2 amide bonds. The third-order valence-corrected chi connectivity index (χ3v) is 13.1. The lowest BCUT2D eigenvalue weighted by Crippen LogP contribution is -2.64. The number of nitrogens with one attached hydrogen (secondary N) is 1.